The van der Waals surface area contributed by atoms with Crippen LogP contribution in [0.2, 0.25) is 0 Å². The number of H-pyrrole nitrogens is 1. The molecule has 6 nitrogen and oxygen atoms in total. The Morgan fingerprint density at radius 2 is 1.74 bits per heavy atom. The van der Waals surface area contributed by atoms with Crippen molar-refractivity contribution in [3.63, 3.8) is 0 Å². The topological polar surface area (TPSA) is 92.9 Å². The zero-order valence-electron chi connectivity index (χ0n) is 11.9. The second kappa shape index (κ2) is 6.29. The Hall–Kier alpha value is -2.55. The zero-order chi connectivity index (χ0) is 16.4. The Kier molecular flexibility index (Phi) is 4.20. The van der Waals surface area contributed by atoms with Crippen LogP contribution in [0.25, 0.3) is 11.1 Å². The van der Waals surface area contributed by atoms with Crippen molar-refractivity contribution >= 4 is 40.1 Å². The van der Waals surface area contributed by atoms with Gasteiger partial charge in [0, 0.05) is 9.26 Å². The van der Waals surface area contributed by atoms with Gasteiger partial charge in [0.2, 0.25) is 0 Å². The molecule has 0 bridgehead atoms. The molecule has 0 aliphatic carbocycles. The van der Waals surface area contributed by atoms with Crippen molar-refractivity contribution in [3.05, 3.63) is 68.5 Å². The second-order valence-electron chi connectivity index (χ2n) is 4.84. The van der Waals surface area contributed by atoms with E-state index in [4.69, 9.17) is 5.73 Å². The first-order valence-electron chi connectivity index (χ1n) is 6.79. The quantitative estimate of drug-likeness (QED) is 0.557. The molecule has 0 spiro atoms. The molecule has 7 heteroatoms. The van der Waals surface area contributed by atoms with E-state index in [2.05, 4.69) is 33.0 Å². The number of aromatic amines is 1. The van der Waals surface area contributed by atoms with Crippen LogP contribution in [0.5, 0.6) is 0 Å². The average molecular weight is 420 g/mol. The lowest BCUT2D eigenvalue weighted by Crippen LogP contribution is -2.30. The first-order chi connectivity index (χ1) is 11.1. The van der Waals surface area contributed by atoms with Gasteiger partial charge in [0.15, 0.2) is 0 Å². The second-order valence-corrected chi connectivity index (χ2v) is 6.09. The monoisotopic (exact) mass is 420 g/mol. The SMILES string of the molecule is Nc1[nH]n(C(=O)Nc2ccc(I)cc2)c(=O)c1-c1ccccc1. The van der Waals surface area contributed by atoms with E-state index < -0.39 is 11.6 Å². The van der Waals surface area contributed by atoms with Crippen LogP contribution in [-0.4, -0.2) is 15.8 Å². The van der Waals surface area contributed by atoms with E-state index >= 15 is 0 Å². The molecule has 1 aromatic heterocycles. The molecule has 2 aromatic carbocycles. The largest absolute Gasteiger partial charge is 0.383 e. The molecular weight excluding hydrogens is 407 g/mol. The Bertz CT molecular complexity index is 898. The number of hydrogen-bond acceptors (Lipinski definition) is 3. The molecule has 0 radical (unpaired) electrons. The third kappa shape index (κ3) is 3.14. The molecular formula is C16H13IN4O2. The lowest BCUT2D eigenvalue weighted by molar-refractivity contribution is 0.250. The number of benzene rings is 2. The van der Waals surface area contributed by atoms with Crippen molar-refractivity contribution in [1.29, 1.82) is 0 Å². The summed E-state index contributed by atoms with van der Waals surface area (Å²) in [5.41, 5.74) is 6.91. The number of aromatic nitrogens is 2. The summed E-state index contributed by atoms with van der Waals surface area (Å²) < 4.78 is 1.92. The highest BCUT2D eigenvalue weighted by molar-refractivity contribution is 14.1. The highest BCUT2D eigenvalue weighted by atomic mass is 127. The van der Waals surface area contributed by atoms with E-state index in [0.29, 0.717) is 11.3 Å². The molecule has 116 valence electrons. The van der Waals surface area contributed by atoms with Crippen LogP contribution in [0.1, 0.15) is 0 Å². The summed E-state index contributed by atoms with van der Waals surface area (Å²) in [4.78, 5) is 24.7. The first kappa shape index (κ1) is 15.3. The average Bonchev–Trinajstić information content (AvgIpc) is 2.85. The maximum Gasteiger partial charge on any atom is 0.348 e. The number of hydrogen-bond donors (Lipinski definition) is 3. The standard InChI is InChI=1S/C16H13IN4O2/c17-11-6-8-12(9-7-11)19-16(23)21-15(22)13(14(18)20-21)10-4-2-1-3-5-10/h1-9,20H,18H2,(H,19,23). The Balaban J connectivity index is 1.93. The van der Waals surface area contributed by atoms with Gasteiger partial charge in [0.1, 0.15) is 5.82 Å². The van der Waals surface area contributed by atoms with E-state index in [1.807, 2.05) is 18.2 Å². The summed E-state index contributed by atoms with van der Waals surface area (Å²) in [6.45, 7) is 0. The van der Waals surface area contributed by atoms with Crippen molar-refractivity contribution in [2.45, 2.75) is 0 Å². The van der Waals surface area contributed by atoms with Gasteiger partial charge in [-0.2, -0.15) is 4.68 Å². The third-order valence-electron chi connectivity index (χ3n) is 3.28. The van der Waals surface area contributed by atoms with Crippen molar-refractivity contribution < 1.29 is 4.79 Å². The molecule has 0 unspecified atom stereocenters. The molecule has 0 atom stereocenters. The van der Waals surface area contributed by atoms with Crippen molar-refractivity contribution in [3.8, 4) is 11.1 Å². The summed E-state index contributed by atoms with van der Waals surface area (Å²) in [6, 6.07) is 15.6. The van der Waals surface area contributed by atoms with Crippen LogP contribution in [0.4, 0.5) is 16.3 Å². The highest BCUT2D eigenvalue weighted by Gasteiger charge is 2.18. The molecule has 0 saturated heterocycles. The van der Waals surface area contributed by atoms with Gasteiger partial charge in [-0.3, -0.25) is 9.89 Å². The van der Waals surface area contributed by atoms with Gasteiger partial charge in [-0.25, -0.2) is 4.79 Å². The highest BCUT2D eigenvalue weighted by Crippen LogP contribution is 2.20. The predicted molar refractivity (Wildman–Crippen MR) is 98.5 cm³/mol. The van der Waals surface area contributed by atoms with E-state index in [9.17, 15) is 9.59 Å². The molecule has 3 rings (SSSR count). The van der Waals surface area contributed by atoms with Gasteiger partial charge in [0.25, 0.3) is 5.56 Å². The fourth-order valence-electron chi connectivity index (χ4n) is 2.19. The molecule has 1 amide bonds. The number of anilines is 2. The Morgan fingerprint density at radius 1 is 1.09 bits per heavy atom. The maximum atomic E-state index is 12.5. The van der Waals surface area contributed by atoms with Crippen LogP contribution in [0.15, 0.2) is 59.4 Å². The predicted octanol–water partition coefficient (Wildman–Crippen LogP) is 3.11. The van der Waals surface area contributed by atoms with Crippen LogP contribution < -0.4 is 16.6 Å². The van der Waals surface area contributed by atoms with Crippen LogP contribution in [0, 0.1) is 3.57 Å². The van der Waals surface area contributed by atoms with Crippen LogP contribution >= 0.6 is 22.6 Å². The lowest BCUT2D eigenvalue weighted by atomic mass is 10.1. The lowest BCUT2D eigenvalue weighted by Gasteiger charge is -2.04. The normalized spacial score (nSPS) is 10.5. The van der Waals surface area contributed by atoms with E-state index in [1.165, 1.54) is 0 Å². The van der Waals surface area contributed by atoms with E-state index in [-0.39, 0.29) is 11.4 Å². The van der Waals surface area contributed by atoms with Gasteiger partial charge in [-0.15, -0.1) is 0 Å². The fourth-order valence-corrected chi connectivity index (χ4v) is 2.55. The molecule has 3 aromatic rings. The molecule has 4 N–H and O–H groups in total. The van der Waals surface area contributed by atoms with Gasteiger partial charge < -0.3 is 11.1 Å². The molecule has 0 saturated carbocycles. The number of amides is 1. The summed E-state index contributed by atoms with van der Waals surface area (Å²) in [5.74, 6) is 0.152. The molecule has 1 heterocycles. The summed E-state index contributed by atoms with van der Waals surface area (Å²) in [7, 11) is 0. The summed E-state index contributed by atoms with van der Waals surface area (Å²) in [5, 5.41) is 5.26. The van der Waals surface area contributed by atoms with Gasteiger partial charge in [-0.1, -0.05) is 30.3 Å². The molecule has 0 fully saturated rings. The van der Waals surface area contributed by atoms with Crippen molar-refractivity contribution in [2.75, 3.05) is 11.1 Å². The van der Waals surface area contributed by atoms with Gasteiger partial charge in [0.05, 0.1) is 5.56 Å². The Labute approximate surface area is 145 Å². The number of nitrogens with one attached hydrogen (secondary N) is 2. The van der Waals surface area contributed by atoms with E-state index in [1.54, 1.807) is 36.4 Å². The number of nitrogens with zero attached hydrogens (tertiary/aromatic N) is 1. The maximum absolute atomic E-state index is 12.5. The third-order valence-corrected chi connectivity index (χ3v) is 4.00. The van der Waals surface area contributed by atoms with E-state index in [0.717, 1.165) is 8.25 Å². The fraction of sp³-hybridized carbons (Fsp3) is 0. The van der Waals surface area contributed by atoms with Crippen LogP contribution in [-0.2, 0) is 0 Å². The number of nitrogens with two attached hydrogens (primary N) is 1. The number of halogens is 1. The Morgan fingerprint density at radius 3 is 2.39 bits per heavy atom. The molecule has 0 aliphatic heterocycles. The smallest absolute Gasteiger partial charge is 0.348 e. The number of nitrogen functional groups attached to an aromatic ring is 1. The summed E-state index contributed by atoms with van der Waals surface area (Å²) in [6.07, 6.45) is 0. The van der Waals surface area contributed by atoms with Gasteiger partial charge >= 0.3 is 6.03 Å². The number of carbonyl (C=O) groups is 1. The minimum Gasteiger partial charge on any atom is -0.383 e. The molecule has 0 aliphatic rings. The zero-order valence-corrected chi connectivity index (χ0v) is 14.1. The number of carbonyl (C=O) groups excluding carboxylic acids is 1. The molecule has 23 heavy (non-hydrogen) atoms. The van der Waals surface area contributed by atoms with Gasteiger partial charge in [-0.05, 0) is 52.4 Å². The minimum absolute atomic E-state index is 0.152. The minimum atomic E-state index is -0.593. The first-order valence-corrected chi connectivity index (χ1v) is 7.87. The van der Waals surface area contributed by atoms with Crippen molar-refractivity contribution in [2.24, 2.45) is 0 Å². The summed E-state index contributed by atoms with van der Waals surface area (Å²) >= 11 is 2.17. The van der Waals surface area contributed by atoms with Crippen molar-refractivity contribution in [1.82, 2.24) is 9.78 Å². The number of rotatable bonds is 2. The van der Waals surface area contributed by atoms with Crippen LogP contribution in [0.3, 0.4) is 0 Å².